The number of hydrogen-bond donors (Lipinski definition) is 2. The fourth-order valence-corrected chi connectivity index (χ4v) is 4.93. The molecule has 0 spiro atoms. The number of rotatable bonds is 6. The molecule has 0 aliphatic rings. The Morgan fingerprint density at radius 2 is 1.77 bits per heavy atom. The van der Waals surface area contributed by atoms with Gasteiger partial charge in [-0.2, -0.15) is 0 Å². The van der Waals surface area contributed by atoms with Crippen LogP contribution < -0.4 is 9.46 Å². The van der Waals surface area contributed by atoms with Crippen molar-refractivity contribution in [3.8, 4) is 5.75 Å². The second kappa shape index (κ2) is 7.38. The van der Waals surface area contributed by atoms with Crippen LogP contribution in [0.3, 0.4) is 0 Å². The highest BCUT2D eigenvalue weighted by molar-refractivity contribution is 7.92. The van der Waals surface area contributed by atoms with Gasteiger partial charge in [0.05, 0.1) is 12.7 Å². The summed E-state index contributed by atoms with van der Waals surface area (Å²) in [6.07, 6.45) is 0. The molecule has 0 aliphatic heterocycles. The largest absolute Gasteiger partial charge is 0.495 e. The SMILES string of the molecule is CCn1c2ccccc2c2cc(NS(=O)(=O)c3cc(C(=O)O)ccc3OC)ccc21. The van der Waals surface area contributed by atoms with Gasteiger partial charge in [0.2, 0.25) is 0 Å². The Balaban J connectivity index is 1.82. The number of sulfonamides is 1. The van der Waals surface area contributed by atoms with E-state index in [0.717, 1.165) is 34.4 Å². The minimum absolute atomic E-state index is 0.0659. The number of methoxy groups -OCH3 is 1. The molecule has 2 N–H and O–H groups in total. The zero-order valence-corrected chi connectivity index (χ0v) is 17.2. The zero-order chi connectivity index (χ0) is 21.5. The normalized spacial score (nSPS) is 11.7. The summed E-state index contributed by atoms with van der Waals surface area (Å²) in [5.74, 6) is -1.15. The lowest BCUT2D eigenvalue weighted by atomic mass is 10.1. The first-order valence-electron chi connectivity index (χ1n) is 9.31. The second-order valence-electron chi connectivity index (χ2n) is 6.77. The summed E-state index contributed by atoms with van der Waals surface area (Å²) in [6, 6.07) is 17.0. The van der Waals surface area contributed by atoms with Gasteiger partial charge in [0.25, 0.3) is 10.0 Å². The highest BCUT2D eigenvalue weighted by atomic mass is 32.2. The van der Waals surface area contributed by atoms with E-state index in [4.69, 9.17) is 4.74 Å². The Kier molecular flexibility index (Phi) is 4.87. The highest BCUT2D eigenvalue weighted by Gasteiger charge is 2.22. The molecule has 4 rings (SSSR count). The number of aromatic carboxylic acids is 1. The number of nitrogens with one attached hydrogen (secondary N) is 1. The molecule has 0 atom stereocenters. The molecule has 0 saturated carbocycles. The number of fused-ring (bicyclic) bond motifs is 3. The van der Waals surface area contributed by atoms with E-state index in [0.29, 0.717) is 5.69 Å². The number of nitrogens with zero attached hydrogens (tertiary/aromatic N) is 1. The topological polar surface area (TPSA) is 97.6 Å². The van der Waals surface area contributed by atoms with Gasteiger partial charge in [-0.05, 0) is 49.4 Å². The average molecular weight is 424 g/mol. The van der Waals surface area contributed by atoms with Crippen LogP contribution in [-0.4, -0.2) is 31.2 Å². The minimum Gasteiger partial charge on any atom is -0.495 e. The van der Waals surface area contributed by atoms with Crippen molar-refractivity contribution >= 4 is 43.5 Å². The first kappa shape index (κ1) is 19.8. The molecule has 0 radical (unpaired) electrons. The number of carboxylic acids is 1. The molecular formula is C22H20N2O5S. The van der Waals surface area contributed by atoms with Crippen LogP contribution in [0, 0.1) is 0 Å². The molecule has 30 heavy (non-hydrogen) atoms. The van der Waals surface area contributed by atoms with Crippen molar-refractivity contribution < 1.29 is 23.1 Å². The summed E-state index contributed by atoms with van der Waals surface area (Å²) >= 11 is 0. The molecule has 4 aromatic rings. The maximum Gasteiger partial charge on any atom is 0.335 e. The Hall–Kier alpha value is -3.52. The number of anilines is 1. The summed E-state index contributed by atoms with van der Waals surface area (Å²) < 4.78 is 35.9. The Bertz CT molecular complexity index is 1390. The summed E-state index contributed by atoms with van der Waals surface area (Å²) in [7, 11) is -2.74. The van der Waals surface area contributed by atoms with Gasteiger partial charge in [-0.25, -0.2) is 13.2 Å². The molecule has 154 valence electrons. The lowest BCUT2D eigenvalue weighted by Crippen LogP contribution is -2.15. The van der Waals surface area contributed by atoms with E-state index in [2.05, 4.69) is 16.2 Å². The molecular weight excluding hydrogens is 404 g/mol. The van der Waals surface area contributed by atoms with E-state index < -0.39 is 16.0 Å². The number of benzene rings is 3. The minimum atomic E-state index is -4.08. The van der Waals surface area contributed by atoms with E-state index in [-0.39, 0.29) is 16.2 Å². The number of carboxylic acid groups (broad SMARTS) is 1. The van der Waals surface area contributed by atoms with Gasteiger partial charge in [0.15, 0.2) is 0 Å². The highest BCUT2D eigenvalue weighted by Crippen LogP contribution is 2.32. The van der Waals surface area contributed by atoms with Gasteiger partial charge in [-0.15, -0.1) is 0 Å². The molecule has 7 nitrogen and oxygen atoms in total. The quantitative estimate of drug-likeness (QED) is 0.480. The third-order valence-corrected chi connectivity index (χ3v) is 6.44. The van der Waals surface area contributed by atoms with Gasteiger partial charge in [-0.3, -0.25) is 4.72 Å². The summed E-state index contributed by atoms with van der Waals surface area (Å²) in [5, 5.41) is 11.2. The van der Waals surface area contributed by atoms with Crippen LogP contribution in [0.5, 0.6) is 5.75 Å². The van der Waals surface area contributed by atoms with Crippen molar-refractivity contribution in [3.05, 3.63) is 66.2 Å². The molecule has 0 aliphatic carbocycles. The van der Waals surface area contributed by atoms with E-state index in [1.807, 2.05) is 30.3 Å². The second-order valence-corrected chi connectivity index (χ2v) is 8.42. The van der Waals surface area contributed by atoms with Crippen LogP contribution in [0.15, 0.2) is 65.6 Å². The number of para-hydroxylation sites is 1. The Labute approximate surface area is 173 Å². The van der Waals surface area contributed by atoms with Crippen LogP contribution in [0.2, 0.25) is 0 Å². The first-order valence-corrected chi connectivity index (χ1v) is 10.8. The predicted octanol–water partition coefficient (Wildman–Crippen LogP) is 4.32. The van der Waals surface area contributed by atoms with E-state index in [1.165, 1.54) is 19.2 Å². The summed E-state index contributed by atoms with van der Waals surface area (Å²) in [6.45, 7) is 2.85. The number of hydrogen-bond acceptors (Lipinski definition) is 4. The summed E-state index contributed by atoms with van der Waals surface area (Å²) in [4.78, 5) is 11.0. The van der Waals surface area contributed by atoms with Crippen molar-refractivity contribution in [2.24, 2.45) is 0 Å². The number of aryl methyl sites for hydroxylation is 1. The van der Waals surface area contributed by atoms with Gasteiger partial charge >= 0.3 is 5.97 Å². The van der Waals surface area contributed by atoms with Crippen LogP contribution in [0.4, 0.5) is 5.69 Å². The zero-order valence-electron chi connectivity index (χ0n) is 16.4. The predicted molar refractivity (Wildman–Crippen MR) is 116 cm³/mol. The van der Waals surface area contributed by atoms with Crippen molar-refractivity contribution in [3.63, 3.8) is 0 Å². The molecule has 1 aromatic heterocycles. The molecule has 3 aromatic carbocycles. The van der Waals surface area contributed by atoms with Crippen LogP contribution >= 0.6 is 0 Å². The van der Waals surface area contributed by atoms with E-state index in [9.17, 15) is 18.3 Å². The maximum absolute atomic E-state index is 13.0. The lowest BCUT2D eigenvalue weighted by molar-refractivity contribution is 0.0696. The van der Waals surface area contributed by atoms with Gasteiger partial charge in [-0.1, -0.05) is 18.2 Å². The molecule has 0 amide bonds. The van der Waals surface area contributed by atoms with Crippen LogP contribution in [0.25, 0.3) is 21.8 Å². The molecule has 0 saturated heterocycles. The Morgan fingerprint density at radius 3 is 2.47 bits per heavy atom. The molecule has 0 unspecified atom stereocenters. The monoisotopic (exact) mass is 424 g/mol. The maximum atomic E-state index is 13.0. The third kappa shape index (κ3) is 3.25. The van der Waals surface area contributed by atoms with Gasteiger partial charge < -0.3 is 14.4 Å². The third-order valence-electron chi connectivity index (χ3n) is 5.04. The fraction of sp³-hybridized carbons (Fsp3) is 0.136. The van der Waals surface area contributed by atoms with Crippen molar-refractivity contribution in [2.75, 3.05) is 11.8 Å². The van der Waals surface area contributed by atoms with E-state index >= 15 is 0 Å². The number of aromatic nitrogens is 1. The molecule has 0 bridgehead atoms. The average Bonchev–Trinajstić information content (AvgIpc) is 3.06. The first-order chi connectivity index (χ1) is 14.4. The van der Waals surface area contributed by atoms with Crippen LogP contribution in [0.1, 0.15) is 17.3 Å². The number of carbonyl (C=O) groups is 1. The van der Waals surface area contributed by atoms with Crippen LogP contribution in [-0.2, 0) is 16.6 Å². The Morgan fingerprint density at radius 1 is 1.03 bits per heavy atom. The van der Waals surface area contributed by atoms with E-state index in [1.54, 1.807) is 12.1 Å². The molecule has 8 heteroatoms. The standard InChI is InChI=1S/C22H20N2O5S/c1-3-24-18-7-5-4-6-16(18)17-13-15(9-10-19(17)24)23-30(27,28)21-12-14(22(25)26)8-11-20(21)29-2/h4-13,23H,3H2,1-2H3,(H,25,26). The van der Waals surface area contributed by atoms with Gasteiger partial charge in [0.1, 0.15) is 10.6 Å². The smallest absolute Gasteiger partial charge is 0.335 e. The fourth-order valence-electron chi connectivity index (χ4n) is 3.69. The van der Waals surface area contributed by atoms with Crippen molar-refractivity contribution in [1.29, 1.82) is 0 Å². The van der Waals surface area contributed by atoms with Crippen molar-refractivity contribution in [1.82, 2.24) is 4.57 Å². The van der Waals surface area contributed by atoms with Crippen molar-refractivity contribution in [2.45, 2.75) is 18.4 Å². The lowest BCUT2D eigenvalue weighted by Gasteiger charge is -2.12. The number of ether oxygens (including phenoxy) is 1. The summed E-state index contributed by atoms with van der Waals surface area (Å²) in [5.41, 5.74) is 2.32. The molecule has 0 fully saturated rings. The molecule has 1 heterocycles. The van der Waals surface area contributed by atoms with Gasteiger partial charge in [0, 0.05) is 34.0 Å².